The molecule has 1 fully saturated rings. The molecule has 5 atom stereocenters. The average molecular weight is 482 g/mol. The molecule has 0 aromatic heterocycles. The van der Waals surface area contributed by atoms with Crippen LogP contribution in [0.5, 0.6) is 11.5 Å². The van der Waals surface area contributed by atoms with Gasteiger partial charge in [0.05, 0.1) is 13.7 Å². The summed E-state index contributed by atoms with van der Waals surface area (Å²) in [4.78, 5) is 23.5. The van der Waals surface area contributed by atoms with Crippen LogP contribution < -0.4 is 9.47 Å². The van der Waals surface area contributed by atoms with Crippen molar-refractivity contribution < 1.29 is 54.1 Å². The lowest BCUT2D eigenvalue weighted by atomic mass is 9.94. The zero-order valence-corrected chi connectivity index (χ0v) is 19.2. The number of allylic oxidation sites excluding steroid dienone is 2. The van der Waals surface area contributed by atoms with Gasteiger partial charge in [-0.25, -0.2) is 4.79 Å². The number of aliphatic carboxylic acids is 1. The molecule has 2 aliphatic rings. The molecule has 0 bridgehead atoms. The molecule has 188 valence electrons. The number of rotatable bonds is 9. The Hall–Kier alpha value is -2.70. The fraction of sp³-hybridized carbons (Fsp3) is 0.565. The van der Waals surface area contributed by atoms with Crippen LogP contribution in [0.4, 0.5) is 0 Å². The largest absolute Gasteiger partial charge is 0.496 e. The standard InChI is InChI=1S/C23H30O11/c1-10(5-7-15(25)26)4-6-12-20(31-3)11(2)13-9-32-22(30)16(13)21(12)34-23-19(29)18(28)17(27)14(8-24)33-23/h4,14,17-19,23-24,27-29H,5-9H2,1-3H3,(H,25,26)/b10-4+/t14-,17-,18-,19-,23+/m1/s1. The number of benzene rings is 1. The number of carboxylic acid groups (broad SMARTS) is 1. The highest BCUT2D eigenvalue weighted by Gasteiger charge is 2.46. The summed E-state index contributed by atoms with van der Waals surface area (Å²) in [5.74, 6) is -1.13. The number of aliphatic hydroxyl groups is 4. The first-order chi connectivity index (χ1) is 16.1. The highest BCUT2D eigenvalue weighted by Crippen LogP contribution is 2.44. The van der Waals surface area contributed by atoms with E-state index in [4.69, 9.17) is 24.1 Å². The van der Waals surface area contributed by atoms with Gasteiger partial charge in [0.2, 0.25) is 6.29 Å². The third-order valence-corrected chi connectivity index (χ3v) is 6.10. The van der Waals surface area contributed by atoms with Crippen molar-refractivity contribution in [1.29, 1.82) is 0 Å². The van der Waals surface area contributed by atoms with Gasteiger partial charge in [-0.05, 0) is 32.3 Å². The van der Waals surface area contributed by atoms with Crippen molar-refractivity contribution in [2.45, 2.75) is 70.4 Å². The number of carbonyl (C=O) groups is 2. The monoisotopic (exact) mass is 482 g/mol. The number of hydrogen-bond donors (Lipinski definition) is 5. The lowest BCUT2D eigenvalue weighted by molar-refractivity contribution is -0.277. The molecule has 11 nitrogen and oxygen atoms in total. The van der Waals surface area contributed by atoms with Crippen molar-refractivity contribution in [3.05, 3.63) is 33.9 Å². The van der Waals surface area contributed by atoms with Crippen molar-refractivity contribution in [3.63, 3.8) is 0 Å². The van der Waals surface area contributed by atoms with Crippen LogP contribution in [0.25, 0.3) is 0 Å². The summed E-state index contributed by atoms with van der Waals surface area (Å²) >= 11 is 0. The second-order valence-electron chi connectivity index (χ2n) is 8.36. The van der Waals surface area contributed by atoms with Gasteiger partial charge in [-0.3, -0.25) is 4.79 Å². The number of aliphatic hydroxyl groups excluding tert-OH is 4. The number of ether oxygens (including phenoxy) is 4. The Labute approximate surface area is 196 Å². The molecule has 2 aliphatic heterocycles. The van der Waals surface area contributed by atoms with Gasteiger partial charge in [0.15, 0.2) is 0 Å². The number of methoxy groups -OCH3 is 1. The van der Waals surface area contributed by atoms with E-state index in [1.54, 1.807) is 19.9 Å². The topological polar surface area (TPSA) is 172 Å². The van der Waals surface area contributed by atoms with Crippen molar-refractivity contribution >= 4 is 11.9 Å². The van der Waals surface area contributed by atoms with E-state index in [1.807, 2.05) is 0 Å². The van der Waals surface area contributed by atoms with Gasteiger partial charge in [-0.15, -0.1) is 0 Å². The van der Waals surface area contributed by atoms with Crippen LogP contribution in [-0.2, 0) is 27.3 Å². The number of carboxylic acids is 1. The van der Waals surface area contributed by atoms with Gasteiger partial charge in [-0.1, -0.05) is 11.6 Å². The maximum absolute atomic E-state index is 12.6. The minimum atomic E-state index is -1.68. The molecule has 2 heterocycles. The van der Waals surface area contributed by atoms with Crippen LogP contribution in [0.15, 0.2) is 11.6 Å². The van der Waals surface area contributed by atoms with E-state index in [1.165, 1.54) is 7.11 Å². The third kappa shape index (κ3) is 5.03. The second kappa shape index (κ2) is 10.7. The SMILES string of the molecule is COc1c(C)c2c(c(O[C@@H]3O[C@H](CO)[C@@H](O)[C@@H](O)[C@H]3O)c1C/C=C(\C)CCC(=O)O)C(=O)OC2. The minimum Gasteiger partial charge on any atom is -0.496 e. The van der Waals surface area contributed by atoms with E-state index in [2.05, 4.69) is 0 Å². The van der Waals surface area contributed by atoms with Gasteiger partial charge in [0, 0.05) is 17.5 Å². The normalized spacial score (nSPS) is 26.7. The highest BCUT2D eigenvalue weighted by atomic mass is 16.7. The number of fused-ring (bicyclic) bond motifs is 1. The first kappa shape index (κ1) is 25.9. The fourth-order valence-electron chi connectivity index (χ4n) is 4.10. The smallest absolute Gasteiger partial charge is 0.342 e. The summed E-state index contributed by atoms with van der Waals surface area (Å²) < 4.78 is 22.2. The van der Waals surface area contributed by atoms with Gasteiger partial charge >= 0.3 is 11.9 Å². The first-order valence-electron chi connectivity index (χ1n) is 10.8. The summed E-state index contributed by atoms with van der Waals surface area (Å²) in [5, 5.41) is 49.0. The molecule has 0 saturated carbocycles. The zero-order chi connectivity index (χ0) is 25.2. The van der Waals surface area contributed by atoms with E-state index in [9.17, 15) is 30.0 Å². The molecule has 0 spiro atoms. The van der Waals surface area contributed by atoms with Crippen LogP contribution in [0, 0.1) is 6.92 Å². The molecule has 0 amide bonds. The van der Waals surface area contributed by atoms with E-state index >= 15 is 0 Å². The van der Waals surface area contributed by atoms with Gasteiger partial charge in [0.25, 0.3) is 0 Å². The Morgan fingerprint density at radius 2 is 1.85 bits per heavy atom. The maximum atomic E-state index is 12.6. The zero-order valence-electron chi connectivity index (χ0n) is 19.2. The maximum Gasteiger partial charge on any atom is 0.342 e. The average Bonchev–Trinajstić information content (AvgIpc) is 3.20. The Balaban J connectivity index is 2.06. The molecular weight excluding hydrogens is 452 g/mol. The molecule has 1 saturated heterocycles. The minimum absolute atomic E-state index is 0.00480. The van der Waals surface area contributed by atoms with E-state index in [0.29, 0.717) is 28.9 Å². The molecule has 34 heavy (non-hydrogen) atoms. The molecule has 3 rings (SSSR count). The van der Waals surface area contributed by atoms with E-state index in [0.717, 1.165) is 5.57 Å². The predicted octanol–water partition coefficient (Wildman–Crippen LogP) is 0.206. The van der Waals surface area contributed by atoms with Crippen molar-refractivity contribution in [2.24, 2.45) is 0 Å². The van der Waals surface area contributed by atoms with E-state index in [-0.39, 0.29) is 30.8 Å². The van der Waals surface area contributed by atoms with Gasteiger partial charge in [-0.2, -0.15) is 0 Å². The van der Waals surface area contributed by atoms with Crippen molar-refractivity contribution in [1.82, 2.24) is 0 Å². The van der Waals surface area contributed by atoms with Gasteiger partial charge in [0.1, 0.15) is 48.1 Å². The van der Waals surface area contributed by atoms with Crippen molar-refractivity contribution in [2.75, 3.05) is 13.7 Å². The quantitative estimate of drug-likeness (QED) is 0.240. The first-order valence-corrected chi connectivity index (χ1v) is 10.8. The Bertz CT molecular complexity index is 968. The molecular formula is C23H30O11. The lowest BCUT2D eigenvalue weighted by Gasteiger charge is -2.40. The highest BCUT2D eigenvalue weighted by molar-refractivity contribution is 5.98. The molecule has 11 heteroatoms. The Morgan fingerprint density at radius 1 is 1.15 bits per heavy atom. The Morgan fingerprint density at radius 3 is 2.47 bits per heavy atom. The summed E-state index contributed by atoms with van der Waals surface area (Å²) in [6.45, 7) is 2.90. The van der Waals surface area contributed by atoms with Crippen LogP contribution in [-0.4, -0.2) is 81.9 Å². The van der Waals surface area contributed by atoms with Crippen LogP contribution >= 0.6 is 0 Å². The number of esters is 1. The van der Waals surface area contributed by atoms with Crippen LogP contribution in [0.3, 0.4) is 0 Å². The number of cyclic esters (lactones) is 1. The number of hydrogen-bond acceptors (Lipinski definition) is 10. The fourth-order valence-corrected chi connectivity index (χ4v) is 4.10. The third-order valence-electron chi connectivity index (χ3n) is 6.10. The molecule has 1 aromatic carbocycles. The number of carbonyl (C=O) groups excluding carboxylic acids is 1. The Kier molecular flexibility index (Phi) is 8.16. The summed E-state index contributed by atoms with van der Waals surface area (Å²) in [6, 6.07) is 0. The molecule has 0 aliphatic carbocycles. The predicted molar refractivity (Wildman–Crippen MR) is 116 cm³/mol. The molecule has 0 radical (unpaired) electrons. The molecule has 1 aromatic rings. The van der Waals surface area contributed by atoms with Crippen LogP contribution in [0.1, 0.15) is 46.8 Å². The molecule has 5 N–H and O–H groups in total. The lowest BCUT2D eigenvalue weighted by Crippen LogP contribution is -2.60. The van der Waals surface area contributed by atoms with Gasteiger partial charge < -0.3 is 44.5 Å². The van der Waals surface area contributed by atoms with E-state index < -0.39 is 49.3 Å². The summed E-state index contributed by atoms with van der Waals surface area (Å²) in [6.07, 6.45) is -5.36. The van der Waals surface area contributed by atoms with Crippen molar-refractivity contribution in [3.8, 4) is 11.5 Å². The second-order valence-corrected chi connectivity index (χ2v) is 8.36. The van der Waals surface area contributed by atoms with Crippen LogP contribution in [0.2, 0.25) is 0 Å². The summed E-state index contributed by atoms with van der Waals surface area (Å²) in [5.41, 5.74) is 2.56. The summed E-state index contributed by atoms with van der Waals surface area (Å²) in [7, 11) is 1.45. The molecule has 0 unspecified atom stereocenters.